The van der Waals surface area contributed by atoms with Crippen LogP contribution in [0.3, 0.4) is 0 Å². The highest BCUT2D eigenvalue weighted by Gasteiger charge is 2.54. The molecule has 5 heteroatoms. The highest BCUT2D eigenvalue weighted by Crippen LogP contribution is 2.52. The van der Waals surface area contributed by atoms with Gasteiger partial charge >= 0.3 is 0 Å². The van der Waals surface area contributed by atoms with Crippen molar-refractivity contribution in [3.63, 3.8) is 0 Å². The molecule has 0 saturated carbocycles. The second-order valence-corrected chi connectivity index (χ2v) is 5.87. The molecule has 1 N–H and O–H groups in total. The Hall–Kier alpha value is -2.56. The molecule has 22 heavy (non-hydrogen) atoms. The van der Waals surface area contributed by atoms with E-state index in [-0.39, 0.29) is 18.2 Å². The normalized spacial score (nSPS) is 23.6. The van der Waals surface area contributed by atoms with Crippen LogP contribution in [0.5, 0.6) is 11.5 Å². The van der Waals surface area contributed by atoms with Gasteiger partial charge in [0, 0.05) is 23.6 Å². The second-order valence-electron chi connectivity index (χ2n) is 5.87. The lowest BCUT2D eigenvalue weighted by atomic mass is 9.76. The fourth-order valence-corrected chi connectivity index (χ4v) is 3.68. The largest absolute Gasteiger partial charge is 0.493 e. The van der Waals surface area contributed by atoms with Gasteiger partial charge in [0.25, 0.3) is 0 Å². The van der Waals surface area contributed by atoms with Crippen molar-refractivity contribution in [2.45, 2.75) is 11.8 Å². The summed E-state index contributed by atoms with van der Waals surface area (Å²) < 4.78 is 25.3. The number of benzene rings is 2. The fraction of sp³-hybridized carbons (Fsp3) is 0.235. The van der Waals surface area contributed by atoms with Gasteiger partial charge < -0.3 is 14.8 Å². The molecule has 1 atom stereocenters. The van der Waals surface area contributed by atoms with E-state index in [1.165, 1.54) is 6.07 Å². The first kappa shape index (κ1) is 12.0. The van der Waals surface area contributed by atoms with Crippen LogP contribution in [0.4, 0.5) is 10.1 Å². The summed E-state index contributed by atoms with van der Waals surface area (Å²) in [4.78, 5) is 12.7. The van der Waals surface area contributed by atoms with E-state index in [2.05, 4.69) is 5.32 Å². The SMILES string of the molecule is O=C1Nc2c(F)cccc2C12COc1cc3c(cc12)CCO3. The Kier molecular flexibility index (Phi) is 2.08. The summed E-state index contributed by atoms with van der Waals surface area (Å²) in [6, 6.07) is 8.59. The van der Waals surface area contributed by atoms with Crippen molar-refractivity contribution in [1.82, 2.24) is 0 Å². The first-order chi connectivity index (χ1) is 10.7. The molecule has 3 heterocycles. The highest BCUT2D eigenvalue weighted by atomic mass is 19.1. The van der Waals surface area contributed by atoms with Gasteiger partial charge in [-0.1, -0.05) is 12.1 Å². The molecule has 0 aromatic heterocycles. The van der Waals surface area contributed by atoms with Gasteiger partial charge in [-0.2, -0.15) is 0 Å². The smallest absolute Gasteiger partial charge is 0.243 e. The monoisotopic (exact) mass is 297 g/mol. The van der Waals surface area contributed by atoms with Crippen LogP contribution < -0.4 is 14.8 Å². The lowest BCUT2D eigenvalue weighted by Gasteiger charge is -2.20. The summed E-state index contributed by atoms with van der Waals surface area (Å²) in [5.41, 5.74) is 1.83. The van der Waals surface area contributed by atoms with E-state index in [9.17, 15) is 9.18 Å². The lowest BCUT2D eigenvalue weighted by Crippen LogP contribution is -2.37. The van der Waals surface area contributed by atoms with Crippen LogP contribution in [0, 0.1) is 5.82 Å². The van der Waals surface area contributed by atoms with E-state index in [4.69, 9.17) is 9.47 Å². The Balaban J connectivity index is 1.79. The van der Waals surface area contributed by atoms with Crippen molar-refractivity contribution < 1.29 is 18.7 Å². The van der Waals surface area contributed by atoms with Crippen LogP contribution in [-0.4, -0.2) is 19.1 Å². The zero-order valence-electron chi connectivity index (χ0n) is 11.6. The summed E-state index contributed by atoms with van der Waals surface area (Å²) in [6.07, 6.45) is 0.816. The third kappa shape index (κ3) is 1.25. The predicted molar refractivity (Wildman–Crippen MR) is 76.9 cm³/mol. The van der Waals surface area contributed by atoms with Crippen LogP contribution in [-0.2, 0) is 16.6 Å². The van der Waals surface area contributed by atoms with Crippen molar-refractivity contribution in [3.05, 3.63) is 52.8 Å². The Morgan fingerprint density at radius 3 is 2.95 bits per heavy atom. The van der Waals surface area contributed by atoms with Gasteiger partial charge in [0.2, 0.25) is 5.91 Å². The van der Waals surface area contributed by atoms with E-state index in [0.29, 0.717) is 17.9 Å². The molecule has 0 aliphatic carbocycles. The number of nitrogens with one attached hydrogen (secondary N) is 1. The summed E-state index contributed by atoms with van der Waals surface area (Å²) in [6.45, 7) is 0.830. The van der Waals surface area contributed by atoms with Crippen LogP contribution in [0.15, 0.2) is 30.3 Å². The maximum absolute atomic E-state index is 14.0. The minimum absolute atomic E-state index is 0.188. The average Bonchev–Trinajstić information content (AvgIpc) is 3.18. The molecular formula is C17H12FNO3. The summed E-state index contributed by atoms with van der Waals surface area (Å²) >= 11 is 0. The first-order valence-corrected chi connectivity index (χ1v) is 7.23. The molecule has 3 aliphatic heterocycles. The number of anilines is 1. The number of carbonyl (C=O) groups is 1. The Bertz CT molecular complexity index is 848. The number of hydrogen-bond donors (Lipinski definition) is 1. The number of carbonyl (C=O) groups excluding carboxylic acids is 1. The Labute approximate surface area is 125 Å². The molecule has 110 valence electrons. The molecule has 0 saturated heterocycles. The molecule has 4 nitrogen and oxygen atoms in total. The fourth-order valence-electron chi connectivity index (χ4n) is 3.68. The maximum atomic E-state index is 14.0. The summed E-state index contributed by atoms with van der Waals surface area (Å²) in [7, 11) is 0. The van der Waals surface area contributed by atoms with Gasteiger partial charge in [0.15, 0.2) is 0 Å². The van der Waals surface area contributed by atoms with E-state index in [1.807, 2.05) is 12.1 Å². The minimum atomic E-state index is -0.954. The zero-order chi connectivity index (χ0) is 14.9. The van der Waals surface area contributed by atoms with Gasteiger partial charge in [-0.3, -0.25) is 4.79 Å². The molecule has 2 aromatic rings. The number of hydrogen-bond acceptors (Lipinski definition) is 3. The quantitative estimate of drug-likeness (QED) is 0.812. The van der Waals surface area contributed by atoms with E-state index in [0.717, 1.165) is 23.3 Å². The summed E-state index contributed by atoms with van der Waals surface area (Å²) in [5.74, 6) is 0.812. The van der Waals surface area contributed by atoms with Crippen LogP contribution in [0.25, 0.3) is 0 Å². The Morgan fingerprint density at radius 1 is 1.14 bits per heavy atom. The number of rotatable bonds is 0. The van der Waals surface area contributed by atoms with E-state index in [1.54, 1.807) is 12.1 Å². The number of halogens is 1. The Morgan fingerprint density at radius 2 is 2.05 bits per heavy atom. The zero-order valence-corrected chi connectivity index (χ0v) is 11.6. The van der Waals surface area contributed by atoms with Crippen molar-refractivity contribution in [1.29, 1.82) is 0 Å². The topological polar surface area (TPSA) is 47.6 Å². The maximum Gasteiger partial charge on any atom is 0.243 e. The summed E-state index contributed by atoms with van der Waals surface area (Å²) in [5, 5.41) is 2.68. The van der Waals surface area contributed by atoms with Crippen LogP contribution in [0.2, 0.25) is 0 Å². The third-order valence-corrected chi connectivity index (χ3v) is 4.80. The molecule has 2 aromatic carbocycles. The molecule has 1 amide bonds. The number of para-hydroxylation sites is 1. The predicted octanol–water partition coefficient (Wildman–Crippen LogP) is 2.39. The third-order valence-electron chi connectivity index (χ3n) is 4.80. The van der Waals surface area contributed by atoms with Gasteiger partial charge in [-0.25, -0.2) is 4.39 Å². The number of fused-ring (bicyclic) bond motifs is 5. The molecule has 1 unspecified atom stereocenters. The highest BCUT2D eigenvalue weighted by molar-refractivity contribution is 6.10. The molecular weight excluding hydrogens is 285 g/mol. The molecule has 0 radical (unpaired) electrons. The van der Waals surface area contributed by atoms with E-state index < -0.39 is 11.2 Å². The van der Waals surface area contributed by atoms with Crippen molar-refractivity contribution >= 4 is 11.6 Å². The molecule has 1 spiro atoms. The number of amides is 1. The van der Waals surface area contributed by atoms with Gasteiger partial charge in [-0.15, -0.1) is 0 Å². The van der Waals surface area contributed by atoms with Crippen LogP contribution in [0.1, 0.15) is 16.7 Å². The van der Waals surface area contributed by atoms with E-state index >= 15 is 0 Å². The second kappa shape index (κ2) is 3.80. The molecule has 0 fully saturated rings. The van der Waals surface area contributed by atoms with Gasteiger partial charge in [0.1, 0.15) is 29.3 Å². The van der Waals surface area contributed by atoms with Crippen molar-refractivity contribution in [3.8, 4) is 11.5 Å². The standard InChI is InChI=1S/C17H12FNO3/c18-12-3-1-2-10-15(12)19-16(20)17(10)8-22-14-7-13-9(4-5-21-13)6-11(14)17/h1-3,6-7H,4-5,8H2,(H,19,20). The van der Waals surface area contributed by atoms with Gasteiger partial charge in [0.05, 0.1) is 12.3 Å². The molecule has 3 aliphatic rings. The van der Waals surface area contributed by atoms with Crippen molar-refractivity contribution in [2.24, 2.45) is 0 Å². The molecule has 0 bridgehead atoms. The van der Waals surface area contributed by atoms with Crippen molar-refractivity contribution in [2.75, 3.05) is 18.5 Å². The molecule has 5 rings (SSSR count). The number of ether oxygens (including phenoxy) is 2. The lowest BCUT2D eigenvalue weighted by molar-refractivity contribution is -0.119. The minimum Gasteiger partial charge on any atom is -0.493 e. The first-order valence-electron chi connectivity index (χ1n) is 7.23. The van der Waals surface area contributed by atoms with Crippen LogP contribution >= 0.6 is 0 Å². The van der Waals surface area contributed by atoms with Gasteiger partial charge in [-0.05, 0) is 17.7 Å². The average molecular weight is 297 g/mol.